The minimum absolute atomic E-state index is 0. The van der Waals surface area contributed by atoms with Crippen molar-refractivity contribution in [3.8, 4) is 0 Å². The second-order valence-electron chi connectivity index (χ2n) is 16.0. The number of carboxylic acids is 2. The maximum absolute atomic E-state index is 14.4. The first-order chi connectivity index (χ1) is 18.8. The van der Waals surface area contributed by atoms with E-state index in [2.05, 4.69) is 41.5 Å². The minimum Gasteiger partial charge on any atom is -0.550 e. The molecule has 5 aliphatic carbocycles. The summed E-state index contributed by atoms with van der Waals surface area (Å²) in [4.78, 5) is 49.8. The number of carboxylic acid groups (broad SMARTS) is 2. The molecule has 226 valence electrons. The molecule has 0 bridgehead atoms. The summed E-state index contributed by atoms with van der Waals surface area (Å²) in [6, 6.07) is 0. The number of aliphatic carboxylic acids is 2. The monoisotopic (exact) mass is 644 g/mol. The van der Waals surface area contributed by atoms with Crippen LogP contribution in [0.4, 0.5) is 0 Å². The van der Waals surface area contributed by atoms with Crippen LogP contribution in [0.25, 0.3) is 0 Å². The van der Waals surface area contributed by atoms with Crippen LogP contribution in [-0.2, 0) is 23.9 Å². The Labute approximate surface area is 342 Å². The van der Waals surface area contributed by atoms with E-state index < -0.39 is 28.7 Å². The first-order valence-corrected chi connectivity index (χ1v) is 15.4. The van der Waals surface area contributed by atoms with E-state index in [9.17, 15) is 29.4 Å². The van der Waals surface area contributed by atoms with Crippen LogP contribution in [0.3, 0.4) is 0 Å². The van der Waals surface area contributed by atoms with Crippen molar-refractivity contribution in [1.82, 2.24) is 0 Å². The molecule has 0 heterocycles. The van der Waals surface area contributed by atoms with E-state index in [0.29, 0.717) is 25.3 Å². The van der Waals surface area contributed by atoms with Gasteiger partial charge in [0.25, 0.3) is 0 Å². The summed E-state index contributed by atoms with van der Waals surface area (Å²) in [6.45, 7) is 15.3. The average molecular weight is 645 g/mol. The van der Waals surface area contributed by atoms with Gasteiger partial charge < -0.3 is 24.5 Å². The summed E-state index contributed by atoms with van der Waals surface area (Å²) >= 11 is 0. The molecule has 0 aromatic rings. The maximum Gasteiger partial charge on any atom is 1.00 e. The Kier molecular flexibility index (Phi) is 11.3. The van der Waals surface area contributed by atoms with Crippen molar-refractivity contribution >= 4 is 23.7 Å². The van der Waals surface area contributed by atoms with Gasteiger partial charge >= 0.3 is 109 Å². The molecule has 4 fully saturated rings. The first-order valence-electron chi connectivity index (χ1n) is 15.4. The van der Waals surface area contributed by atoms with Crippen LogP contribution in [0.1, 0.15) is 106 Å². The molecule has 0 aromatic heterocycles. The molecule has 0 saturated heterocycles. The van der Waals surface area contributed by atoms with E-state index in [4.69, 9.17) is 4.74 Å². The molecule has 9 heteroatoms. The van der Waals surface area contributed by atoms with Crippen LogP contribution >= 0.6 is 0 Å². The summed E-state index contributed by atoms with van der Waals surface area (Å²) in [5.41, 5.74) is -0.913. The number of ketones is 1. The Morgan fingerprint density at radius 2 is 1.49 bits per heavy atom. The molecule has 9 atom stereocenters. The molecule has 0 aliphatic heterocycles. The Hall–Kier alpha value is 0.833. The van der Waals surface area contributed by atoms with Crippen LogP contribution in [0.15, 0.2) is 23.8 Å². The third-order valence-electron chi connectivity index (χ3n) is 13.6. The third kappa shape index (κ3) is 5.92. The van der Waals surface area contributed by atoms with E-state index >= 15 is 0 Å². The van der Waals surface area contributed by atoms with E-state index in [-0.39, 0.29) is 154 Å². The molecule has 43 heavy (non-hydrogen) atoms. The number of carbonyl (C=O) groups is 4. The Morgan fingerprint density at radius 3 is 2.09 bits per heavy atom. The molecule has 0 unspecified atom stereocenters. The van der Waals surface area contributed by atoms with Gasteiger partial charge in [0, 0.05) is 28.8 Å². The number of carbonyl (C=O) groups excluding carboxylic acids is 4. The molecule has 0 spiro atoms. The van der Waals surface area contributed by atoms with Gasteiger partial charge in [-0.2, -0.15) is 0 Å². The molecular formula is C34H46K2O7. The Bertz CT molecular complexity index is 1260. The zero-order valence-corrected chi connectivity index (χ0v) is 34.0. The molecule has 5 rings (SSSR count). The Morgan fingerprint density at radius 1 is 0.860 bits per heavy atom. The molecule has 7 nitrogen and oxygen atoms in total. The zero-order valence-electron chi connectivity index (χ0n) is 27.8. The fourth-order valence-electron chi connectivity index (χ4n) is 10.9. The van der Waals surface area contributed by atoms with E-state index in [0.717, 1.165) is 44.6 Å². The third-order valence-corrected chi connectivity index (χ3v) is 13.6. The number of fused-ring (bicyclic) bond motifs is 7. The predicted molar refractivity (Wildman–Crippen MR) is 148 cm³/mol. The summed E-state index contributed by atoms with van der Waals surface area (Å²) in [5, 5.41) is 23.0. The van der Waals surface area contributed by atoms with Crippen molar-refractivity contribution in [2.75, 3.05) is 0 Å². The van der Waals surface area contributed by atoms with Crippen molar-refractivity contribution in [3.05, 3.63) is 23.8 Å². The van der Waals surface area contributed by atoms with Crippen LogP contribution in [0.5, 0.6) is 0 Å². The van der Waals surface area contributed by atoms with Crippen LogP contribution in [0.2, 0.25) is 0 Å². The second kappa shape index (κ2) is 12.7. The van der Waals surface area contributed by atoms with Gasteiger partial charge in [0.2, 0.25) is 0 Å². The SMILES string of the molecule is CC1(C)[C@@H](OC(=O)/C=C\C(=O)[O-])CC[C@]2(C)[C@H]3C(=O)C=C4[C@@H]5C[C@@](C)(C(=O)[O-])CC[C@]5(C)CC[C@@]4(C)[C@]3(C)CC[C@@H]12.[K+].[K+]. The summed E-state index contributed by atoms with van der Waals surface area (Å²) < 4.78 is 5.79. The number of ether oxygens (including phenoxy) is 1. The van der Waals surface area contributed by atoms with Gasteiger partial charge in [-0.1, -0.05) is 54.0 Å². The van der Waals surface area contributed by atoms with E-state index in [1.165, 1.54) is 5.57 Å². The summed E-state index contributed by atoms with van der Waals surface area (Å²) in [6.07, 6.45) is 10.2. The second-order valence-corrected chi connectivity index (χ2v) is 16.0. The fourth-order valence-corrected chi connectivity index (χ4v) is 10.9. The molecule has 0 N–H and O–H groups in total. The summed E-state index contributed by atoms with van der Waals surface area (Å²) in [7, 11) is 0. The standard InChI is InChI=1S/C34H48O7.2K/c1-29(2)23-10-13-34(7)27(32(23,5)12-11-24(29)41-26(38)9-8-25(36)37)22(35)18-20-21-19-31(4,28(39)40)15-14-30(21,3)16-17-33(20,34)6;;/h8-9,18,21,23-24,27H,10-17,19H2,1-7H3,(H,36,37)(H,39,40);;/q;2*+1/p-2/b9-8-;;/t21-,23-,24-,27+,30+,31-,32-,33+,34+;;/m0../s1. The van der Waals surface area contributed by atoms with Crippen LogP contribution in [0, 0.1) is 50.2 Å². The molecule has 5 aliphatic rings. The van der Waals surface area contributed by atoms with Gasteiger partial charge in [-0.05, 0) is 103 Å². The predicted octanol–water partition coefficient (Wildman–Crippen LogP) is -2.06. The van der Waals surface area contributed by atoms with Gasteiger partial charge in [-0.15, -0.1) is 0 Å². The molecule has 0 amide bonds. The largest absolute Gasteiger partial charge is 1.00 e. The molecular weight excluding hydrogens is 599 g/mol. The van der Waals surface area contributed by atoms with Crippen molar-refractivity contribution in [3.63, 3.8) is 0 Å². The van der Waals surface area contributed by atoms with Crippen LogP contribution in [-0.4, -0.2) is 29.8 Å². The van der Waals surface area contributed by atoms with Gasteiger partial charge in [0.15, 0.2) is 5.78 Å². The maximum atomic E-state index is 14.4. The normalized spacial score (nSPS) is 44.6. The molecule has 0 aromatic carbocycles. The van der Waals surface area contributed by atoms with Crippen molar-refractivity contribution < 1.29 is 137 Å². The number of rotatable bonds is 4. The fraction of sp³-hybridized carbons (Fsp3) is 0.765. The topological polar surface area (TPSA) is 124 Å². The number of hydrogen-bond acceptors (Lipinski definition) is 7. The first kappa shape index (κ1) is 38.3. The van der Waals surface area contributed by atoms with Gasteiger partial charge in [-0.3, -0.25) is 4.79 Å². The quantitative estimate of drug-likeness (QED) is 0.196. The van der Waals surface area contributed by atoms with Gasteiger partial charge in [0.05, 0.1) is 5.97 Å². The minimum atomic E-state index is -1.44. The van der Waals surface area contributed by atoms with Crippen molar-refractivity contribution in [2.45, 2.75) is 112 Å². The Balaban J connectivity index is 0.00000253. The van der Waals surface area contributed by atoms with Crippen molar-refractivity contribution in [2.24, 2.45) is 50.2 Å². The number of esters is 1. The number of allylic oxidation sites excluding steroid dienone is 2. The smallest absolute Gasteiger partial charge is 0.550 e. The van der Waals surface area contributed by atoms with Crippen molar-refractivity contribution in [1.29, 1.82) is 0 Å². The van der Waals surface area contributed by atoms with Gasteiger partial charge in [-0.25, -0.2) is 4.79 Å². The molecule has 4 saturated carbocycles. The van der Waals surface area contributed by atoms with E-state index in [1.807, 2.05) is 13.0 Å². The molecule has 0 radical (unpaired) electrons. The van der Waals surface area contributed by atoms with E-state index in [1.54, 1.807) is 0 Å². The zero-order chi connectivity index (χ0) is 30.4. The average Bonchev–Trinajstić information content (AvgIpc) is 2.86. The van der Waals surface area contributed by atoms with Gasteiger partial charge in [0.1, 0.15) is 6.10 Å². The van der Waals surface area contributed by atoms with Crippen LogP contribution < -0.4 is 113 Å². The summed E-state index contributed by atoms with van der Waals surface area (Å²) in [5.74, 6) is -2.95. The number of hydrogen-bond donors (Lipinski definition) is 0.